The molecule has 2 aromatic rings. The van der Waals surface area contributed by atoms with Crippen LogP contribution in [0.2, 0.25) is 0 Å². The molecular formula is C35H53N6O7P. The summed E-state index contributed by atoms with van der Waals surface area (Å²) < 4.78 is 11.7. The number of likely N-dealkylation sites (tertiary alicyclic amines) is 1. The van der Waals surface area contributed by atoms with Crippen molar-refractivity contribution >= 4 is 31.2 Å². The molecule has 1 aliphatic heterocycles. The van der Waals surface area contributed by atoms with Crippen molar-refractivity contribution in [3.8, 4) is 0 Å². The Hall–Kier alpha value is -3.61. The standard InChI is InChI=1S/C35H53N6O7P/c1-24(2)21-30(33(43)38-29(15-9-10-18-36)35(45)41-19-16-27(17-20-41)49(46,47)48)40-34(44)31(23-26-13-7-4-8-14-26)39-32(42)28(37)22-25-11-5-3-6-12-25/h3-8,11-14,24,27-31H,9-10,15-23,36-37H2,1-2H3,(H,38,43)(H,39,42)(H,40,44)(H2,46,47,48)/t28-,29-,30-,31-/m1/s1. The summed E-state index contributed by atoms with van der Waals surface area (Å²) in [6.07, 6.45) is 2.56. The van der Waals surface area contributed by atoms with Crippen LogP contribution in [0.1, 0.15) is 63.5 Å². The molecule has 13 nitrogen and oxygen atoms in total. The smallest absolute Gasteiger partial charge is 0.328 e. The van der Waals surface area contributed by atoms with Gasteiger partial charge in [-0.15, -0.1) is 0 Å². The van der Waals surface area contributed by atoms with Crippen molar-refractivity contribution in [3.05, 3.63) is 71.8 Å². The summed E-state index contributed by atoms with van der Waals surface area (Å²) in [4.78, 5) is 75.2. The van der Waals surface area contributed by atoms with Crippen molar-refractivity contribution in [2.24, 2.45) is 17.4 Å². The zero-order chi connectivity index (χ0) is 36.0. The second kappa shape index (κ2) is 19.5. The highest BCUT2D eigenvalue weighted by Crippen LogP contribution is 2.46. The molecule has 1 heterocycles. The predicted octanol–water partition coefficient (Wildman–Crippen LogP) is 1.60. The predicted molar refractivity (Wildman–Crippen MR) is 188 cm³/mol. The van der Waals surface area contributed by atoms with E-state index in [1.807, 2.05) is 74.5 Å². The third-order valence-corrected chi connectivity index (χ3v) is 10.2. The highest BCUT2D eigenvalue weighted by Gasteiger charge is 2.37. The minimum absolute atomic E-state index is 0.00409. The number of carbonyl (C=O) groups is 4. The minimum Gasteiger partial charge on any atom is -0.343 e. The van der Waals surface area contributed by atoms with E-state index in [1.54, 1.807) is 0 Å². The SMILES string of the molecule is CC(C)C[C@@H](NC(=O)[C@@H](Cc1ccccc1)NC(=O)[C@H](N)Cc1ccccc1)C(=O)N[C@H](CCCCN)C(=O)N1CCC(P(=O)(O)O)CC1. The average Bonchev–Trinajstić information content (AvgIpc) is 3.07. The number of amides is 4. The fraction of sp³-hybridized carbons (Fsp3) is 0.543. The zero-order valence-corrected chi connectivity index (χ0v) is 29.4. The Morgan fingerprint density at radius 3 is 1.84 bits per heavy atom. The molecule has 1 aliphatic rings. The van der Waals surface area contributed by atoms with Crippen LogP contribution in [0.25, 0.3) is 0 Å². The number of carbonyl (C=O) groups excluding carboxylic acids is 4. The van der Waals surface area contributed by atoms with Gasteiger partial charge in [0.25, 0.3) is 0 Å². The van der Waals surface area contributed by atoms with E-state index in [2.05, 4.69) is 16.0 Å². The van der Waals surface area contributed by atoms with Gasteiger partial charge in [-0.3, -0.25) is 23.7 Å². The molecule has 0 spiro atoms. The van der Waals surface area contributed by atoms with E-state index >= 15 is 0 Å². The first-order valence-corrected chi connectivity index (χ1v) is 18.7. The first kappa shape index (κ1) is 39.8. The third-order valence-electron chi connectivity index (χ3n) is 8.70. The number of unbranched alkanes of at least 4 members (excludes halogenated alkanes) is 1. The molecule has 1 saturated heterocycles. The maximum absolute atomic E-state index is 13.9. The molecule has 4 atom stereocenters. The van der Waals surface area contributed by atoms with E-state index in [1.165, 1.54) is 4.90 Å². The van der Waals surface area contributed by atoms with Gasteiger partial charge in [-0.2, -0.15) is 0 Å². The molecule has 49 heavy (non-hydrogen) atoms. The van der Waals surface area contributed by atoms with Gasteiger partial charge in [0, 0.05) is 19.5 Å². The number of benzene rings is 2. The van der Waals surface area contributed by atoms with Gasteiger partial charge in [0.2, 0.25) is 23.6 Å². The molecule has 9 N–H and O–H groups in total. The van der Waals surface area contributed by atoms with Gasteiger partial charge in [-0.25, -0.2) is 0 Å². The van der Waals surface area contributed by atoms with E-state index < -0.39 is 55.1 Å². The number of nitrogens with one attached hydrogen (secondary N) is 3. The fourth-order valence-electron chi connectivity index (χ4n) is 5.94. The highest BCUT2D eigenvalue weighted by atomic mass is 31.2. The fourth-order valence-corrected chi connectivity index (χ4v) is 6.84. The molecule has 0 aromatic heterocycles. The number of piperidine rings is 1. The number of nitrogens with zero attached hydrogens (tertiary/aromatic N) is 1. The molecular weight excluding hydrogens is 647 g/mol. The molecule has 0 aliphatic carbocycles. The largest absolute Gasteiger partial charge is 0.343 e. The number of rotatable bonds is 18. The third kappa shape index (κ3) is 13.3. The normalized spacial score (nSPS) is 16.3. The van der Waals surface area contributed by atoms with Crippen molar-refractivity contribution in [2.75, 3.05) is 19.6 Å². The Labute approximate surface area is 289 Å². The zero-order valence-electron chi connectivity index (χ0n) is 28.5. The lowest BCUT2D eigenvalue weighted by Gasteiger charge is -2.35. The molecule has 0 radical (unpaired) electrons. The van der Waals surface area contributed by atoms with Gasteiger partial charge in [0.05, 0.1) is 11.7 Å². The summed E-state index contributed by atoms with van der Waals surface area (Å²) in [7, 11) is -4.26. The van der Waals surface area contributed by atoms with Crippen molar-refractivity contribution < 1.29 is 33.5 Å². The van der Waals surface area contributed by atoms with Gasteiger partial charge in [-0.05, 0) is 68.5 Å². The van der Waals surface area contributed by atoms with E-state index in [4.69, 9.17) is 11.5 Å². The van der Waals surface area contributed by atoms with E-state index in [0.717, 1.165) is 11.1 Å². The quantitative estimate of drug-likeness (QED) is 0.0887. The first-order chi connectivity index (χ1) is 23.3. The summed E-state index contributed by atoms with van der Waals surface area (Å²) in [6.45, 7) is 4.56. The number of nitrogens with two attached hydrogens (primary N) is 2. The lowest BCUT2D eigenvalue weighted by Crippen LogP contribution is -2.59. The summed E-state index contributed by atoms with van der Waals surface area (Å²) in [6, 6.07) is 14.7. The number of hydrogen-bond acceptors (Lipinski definition) is 7. The maximum Gasteiger partial charge on any atom is 0.328 e. The Kier molecular flexibility index (Phi) is 15.9. The lowest BCUT2D eigenvalue weighted by atomic mass is 9.99. The van der Waals surface area contributed by atoms with Crippen LogP contribution in [0.4, 0.5) is 0 Å². The van der Waals surface area contributed by atoms with Crippen LogP contribution in [-0.2, 0) is 36.6 Å². The van der Waals surface area contributed by atoms with Crippen molar-refractivity contribution in [1.29, 1.82) is 0 Å². The molecule has 0 bridgehead atoms. The molecule has 14 heteroatoms. The first-order valence-electron chi connectivity index (χ1n) is 17.1. The second-order valence-corrected chi connectivity index (χ2v) is 15.1. The maximum atomic E-state index is 13.9. The number of hydrogen-bond donors (Lipinski definition) is 7. The Morgan fingerprint density at radius 1 is 0.796 bits per heavy atom. The molecule has 2 aromatic carbocycles. The Balaban J connectivity index is 1.76. The van der Waals surface area contributed by atoms with Crippen LogP contribution in [0.3, 0.4) is 0 Å². The van der Waals surface area contributed by atoms with E-state index in [0.29, 0.717) is 25.8 Å². The molecule has 270 valence electrons. The molecule has 0 unspecified atom stereocenters. The van der Waals surface area contributed by atoms with Crippen LogP contribution in [0.15, 0.2) is 60.7 Å². The summed E-state index contributed by atoms with van der Waals surface area (Å²) in [5.74, 6) is -1.95. The van der Waals surface area contributed by atoms with Crippen molar-refractivity contribution in [3.63, 3.8) is 0 Å². The summed E-state index contributed by atoms with van der Waals surface area (Å²) in [5, 5.41) is 8.49. The summed E-state index contributed by atoms with van der Waals surface area (Å²) >= 11 is 0. The highest BCUT2D eigenvalue weighted by molar-refractivity contribution is 7.52. The van der Waals surface area contributed by atoms with Crippen LogP contribution in [0.5, 0.6) is 0 Å². The Bertz CT molecular complexity index is 1400. The van der Waals surface area contributed by atoms with Gasteiger partial charge >= 0.3 is 7.60 Å². The second-order valence-electron chi connectivity index (χ2n) is 13.2. The van der Waals surface area contributed by atoms with Gasteiger partial charge in [0.15, 0.2) is 0 Å². The van der Waals surface area contributed by atoms with E-state index in [-0.39, 0.29) is 57.0 Å². The topological polar surface area (TPSA) is 217 Å². The molecule has 3 rings (SSSR count). The van der Waals surface area contributed by atoms with E-state index in [9.17, 15) is 33.5 Å². The molecule has 1 fully saturated rings. The van der Waals surface area contributed by atoms with Crippen LogP contribution in [-0.4, -0.2) is 87.8 Å². The van der Waals surface area contributed by atoms with Crippen LogP contribution in [0, 0.1) is 5.92 Å². The molecule has 4 amide bonds. The van der Waals surface area contributed by atoms with Gasteiger partial charge < -0.3 is 42.1 Å². The van der Waals surface area contributed by atoms with Gasteiger partial charge in [0.1, 0.15) is 18.1 Å². The lowest BCUT2D eigenvalue weighted by molar-refractivity contribution is -0.138. The van der Waals surface area contributed by atoms with Crippen molar-refractivity contribution in [1.82, 2.24) is 20.9 Å². The van der Waals surface area contributed by atoms with Crippen LogP contribution < -0.4 is 27.4 Å². The van der Waals surface area contributed by atoms with Gasteiger partial charge in [-0.1, -0.05) is 74.5 Å². The average molecular weight is 701 g/mol. The molecule has 0 saturated carbocycles. The minimum atomic E-state index is -4.26. The monoisotopic (exact) mass is 700 g/mol. The van der Waals surface area contributed by atoms with Crippen LogP contribution >= 0.6 is 7.60 Å². The summed E-state index contributed by atoms with van der Waals surface area (Å²) in [5.41, 5.74) is 12.8. The Morgan fingerprint density at radius 2 is 1.31 bits per heavy atom. The van der Waals surface area contributed by atoms with Crippen molar-refractivity contribution in [2.45, 2.75) is 95.0 Å².